The van der Waals surface area contributed by atoms with E-state index in [1.54, 1.807) is 60.7 Å². The lowest BCUT2D eigenvalue weighted by Crippen LogP contribution is -2.59. The standard InChI is InChI=1S/C31H38N8O7S/c32-14-26(40)36-24(13-21-15-33-18-35-21)30(45)38-23(12-20-9-5-2-6-10-20)29(44)39-25(17-47)31(46)37-22(28(43)34-16-27(41)42)11-19-7-3-1-4-8-19/h1-10,15,18,22-25,47H,11-14,16-17,32H2,(H,33,35)(H,34,43)(H,36,40)(H,37,46)(H,38,45)(H,39,44)(H,41,42). The van der Waals surface area contributed by atoms with Crippen molar-refractivity contribution in [2.45, 2.75) is 43.4 Å². The second-order valence-corrected chi connectivity index (χ2v) is 10.8. The average molecular weight is 667 g/mol. The summed E-state index contributed by atoms with van der Waals surface area (Å²) in [7, 11) is 0. The van der Waals surface area contributed by atoms with E-state index in [-0.39, 0.29) is 31.6 Å². The van der Waals surface area contributed by atoms with Crippen LogP contribution < -0.4 is 32.3 Å². The van der Waals surface area contributed by atoms with Gasteiger partial charge in [-0.15, -0.1) is 0 Å². The minimum atomic E-state index is -1.26. The summed E-state index contributed by atoms with van der Waals surface area (Å²) in [6.07, 6.45) is 3.03. The van der Waals surface area contributed by atoms with Gasteiger partial charge in [0.25, 0.3) is 0 Å². The molecule has 2 aromatic carbocycles. The van der Waals surface area contributed by atoms with Crippen LogP contribution in [0.3, 0.4) is 0 Å². The highest BCUT2D eigenvalue weighted by atomic mass is 32.1. The van der Waals surface area contributed by atoms with Gasteiger partial charge in [-0.2, -0.15) is 12.6 Å². The number of carbonyl (C=O) groups is 6. The van der Waals surface area contributed by atoms with E-state index in [1.807, 2.05) is 0 Å². The Morgan fingerprint density at radius 1 is 0.723 bits per heavy atom. The summed E-state index contributed by atoms with van der Waals surface area (Å²) >= 11 is 4.23. The number of aromatic nitrogens is 2. The molecule has 0 aliphatic rings. The molecule has 0 radical (unpaired) electrons. The van der Waals surface area contributed by atoms with Gasteiger partial charge in [0.05, 0.1) is 12.9 Å². The normalized spacial score (nSPS) is 13.2. The fourth-order valence-corrected chi connectivity index (χ4v) is 4.75. The first-order chi connectivity index (χ1) is 22.6. The lowest BCUT2D eigenvalue weighted by atomic mass is 10.0. The molecule has 3 rings (SSSR count). The molecular formula is C31H38N8O7S. The first-order valence-electron chi connectivity index (χ1n) is 14.7. The van der Waals surface area contributed by atoms with Crippen molar-refractivity contribution in [1.29, 1.82) is 0 Å². The zero-order valence-electron chi connectivity index (χ0n) is 25.3. The van der Waals surface area contributed by atoms with Gasteiger partial charge in [0, 0.05) is 36.9 Å². The average Bonchev–Trinajstić information content (AvgIpc) is 3.59. The predicted octanol–water partition coefficient (Wildman–Crippen LogP) is -1.53. The number of nitrogens with two attached hydrogens (primary N) is 1. The molecule has 16 heteroatoms. The molecule has 0 saturated heterocycles. The van der Waals surface area contributed by atoms with Crippen molar-refractivity contribution in [3.63, 3.8) is 0 Å². The molecule has 15 nitrogen and oxygen atoms in total. The van der Waals surface area contributed by atoms with Crippen molar-refractivity contribution < 1.29 is 33.9 Å². The molecule has 0 aliphatic heterocycles. The van der Waals surface area contributed by atoms with Gasteiger partial charge in [-0.25, -0.2) is 4.98 Å². The highest BCUT2D eigenvalue weighted by molar-refractivity contribution is 7.80. The number of H-pyrrole nitrogens is 1. The Labute approximate surface area is 276 Å². The fraction of sp³-hybridized carbons (Fsp3) is 0.323. The van der Waals surface area contributed by atoms with Crippen LogP contribution in [0.25, 0.3) is 0 Å². The van der Waals surface area contributed by atoms with Crippen molar-refractivity contribution in [3.05, 3.63) is 90.0 Å². The van der Waals surface area contributed by atoms with Crippen molar-refractivity contribution in [2.75, 3.05) is 18.8 Å². The molecule has 0 aliphatic carbocycles. The molecule has 47 heavy (non-hydrogen) atoms. The highest BCUT2D eigenvalue weighted by Crippen LogP contribution is 2.08. The third-order valence-electron chi connectivity index (χ3n) is 6.88. The summed E-state index contributed by atoms with van der Waals surface area (Å²) in [5, 5.41) is 21.7. The number of rotatable bonds is 18. The maximum Gasteiger partial charge on any atom is 0.322 e. The van der Waals surface area contributed by atoms with Crippen LogP contribution in [-0.4, -0.2) is 93.6 Å². The molecule has 4 atom stereocenters. The van der Waals surface area contributed by atoms with E-state index in [4.69, 9.17) is 10.8 Å². The maximum atomic E-state index is 13.7. The van der Waals surface area contributed by atoms with E-state index < -0.39 is 66.2 Å². The van der Waals surface area contributed by atoms with Crippen LogP contribution in [0.1, 0.15) is 16.8 Å². The summed E-state index contributed by atoms with van der Waals surface area (Å²) in [4.78, 5) is 83.3. The highest BCUT2D eigenvalue weighted by Gasteiger charge is 2.31. The largest absolute Gasteiger partial charge is 0.480 e. The maximum absolute atomic E-state index is 13.7. The Hall–Kier alpha value is -5.22. The van der Waals surface area contributed by atoms with Crippen LogP contribution in [0, 0.1) is 0 Å². The van der Waals surface area contributed by atoms with Gasteiger partial charge in [-0.3, -0.25) is 28.8 Å². The van der Waals surface area contributed by atoms with Gasteiger partial charge in [-0.1, -0.05) is 60.7 Å². The van der Waals surface area contributed by atoms with E-state index in [1.165, 1.54) is 12.5 Å². The van der Waals surface area contributed by atoms with E-state index in [0.29, 0.717) is 16.8 Å². The second kappa shape index (κ2) is 18.7. The number of carbonyl (C=O) groups excluding carboxylic acids is 5. The van der Waals surface area contributed by atoms with Gasteiger partial charge in [0.2, 0.25) is 29.5 Å². The molecule has 0 fully saturated rings. The number of aliphatic carboxylic acids is 1. The third-order valence-corrected chi connectivity index (χ3v) is 7.24. The molecule has 250 valence electrons. The van der Waals surface area contributed by atoms with Crippen LogP contribution in [0.4, 0.5) is 0 Å². The second-order valence-electron chi connectivity index (χ2n) is 10.5. The Morgan fingerprint density at radius 2 is 1.21 bits per heavy atom. The number of thiol groups is 1. The fourth-order valence-electron chi connectivity index (χ4n) is 4.49. The Morgan fingerprint density at radius 3 is 1.68 bits per heavy atom. The van der Waals surface area contributed by atoms with Crippen LogP contribution in [0.2, 0.25) is 0 Å². The first-order valence-corrected chi connectivity index (χ1v) is 15.3. The molecule has 0 saturated carbocycles. The van der Waals surface area contributed by atoms with E-state index in [2.05, 4.69) is 49.2 Å². The Bertz CT molecular complexity index is 1490. The molecule has 1 heterocycles. The molecular weight excluding hydrogens is 628 g/mol. The van der Waals surface area contributed by atoms with Crippen molar-refractivity contribution in [3.8, 4) is 0 Å². The molecule has 0 spiro atoms. The molecule has 5 amide bonds. The summed E-state index contributed by atoms with van der Waals surface area (Å²) in [6.45, 7) is -1.01. The molecule has 9 N–H and O–H groups in total. The number of imidazole rings is 1. The van der Waals surface area contributed by atoms with Gasteiger partial charge in [-0.05, 0) is 11.1 Å². The lowest BCUT2D eigenvalue weighted by molar-refractivity contribution is -0.138. The number of carboxylic acid groups (broad SMARTS) is 1. The Kier molecular flexibility index (Phi) is 14.4. The topological polar surface area (TPSA) is 237 Å². The van der Waals surface area contributed by atoms with Crippen LogP contribution >= 0.6 is 12.6 Å². The number of nitrogens with one attached hydrogen (secondary N) is 6. The van der Waals surface area contributed by atoms with Crippen LogP contribution in [-0.2, 0) is 48.0 Å². The van der Waals surface area contributed by atoms with E-state index in [0.717, 1.165) is 0 Å². The molecule has 1 aromatic heterocycles. The summed E-state index contributed by atoms with van der Waals surface area (Å²) < 4.78 is 0. The molecule has 4 unspecified atom stereocenters. The number of nitrogens with zero attached hydrogens (tertiary/aromatic N) is 1. The zero-order valence-corrected chi connectivity index (χ0v) is 26.2. The summed E-state index contributed by atoms with van der Waals surface area (Å²) in [6, 6.07) is 12.9. The number of amides is 5. The molecule has 0 bridgehead atoms. The smallest absolute Gasteiger partial charge is 0.322 e. The van der Waals surface area contributed by atoms with Crippen molar-refractivity contribution in [2.24, 2.45) is 5.73 Å². The number of aromatic amines is 1. The van der Waals surface area contributed by atoms with E-state index in [9.17, 15) is 28.8 Å². The van der Waals surface area contributed by atoms with Crippen LogP contribution in [0.15, 0.2) is 73.2 Å². The minimum Gasteiger partial charge on any atom is -0.480 e. The minimum absolute atomic E-state index is 0.0334. The van der Waals surface area contributed by atoms with Crippen molar-refractivity contribution >= 4 is 48.1 Å². The summed E-state index contributed by atoms with van der Waals surface area (Å²) in [5.74, 6) is -4.91. The molecule has 3 aromatic rings. The van der Waals surface area contributed by atoms with Gasteiger partial charge in [0.15, 0.2) is 0 Å². The van der Waals surface area contributed by atoms with Gasteiger partial charge in [0.1, 0.15) is 30.7 Å². The summed E-state index contributed by atoms with van der Waals surface area (Å²) in [5.41, 5.74) is 7.40. The number of carboxylic acids is 1. The van der Waals surface area contributed by atoms with Gasteiger partial charge >= 0.3 is 5.97 Å². The van der Waals surface area contributed by atoms with Gasteiger partial charge < -0.3 is 42.4 Å². The van der Waals surface area contributed by atoms with Crippen LogP contribution in [0.5, 0.6) is 0 Å². The predicted molar refractivity (Wildman–Crippen MR) is 174 cm³/mol. The third kappa shape index (κ3) is 12.2. The SMILES string of the molecule is NCC(=O)NC(Cc1cnc[nH]1)C(=O)NC(Cc1ccccc1)C(=O)NC(CS)C(=O)NC(Cc1ccccc1)C(=O)NCC(=O)O. The number of hydrogen-bond acceptors (Lipinski definition) is 9. The van der Waals surface area contributed by atoms with E-state index >= 15 is 0 Å². The monoisotopic (exact) mass is 666 g/mol. The number of hydrogen-bond donors (Lipinski definition) is 9. The van der Waals surface area contributed by atoms with Crippen molar-refractivity contribution in [1.82, 2.24) is 36.6 Å². The lowest BCUT2D eigenvalue weighted by Gasteiger charge is -2.26. The number of benzene rings is 2. The zero-order chi connectivity index (χ0) is 34.2. The quantitative estimate of drug-likeness (QED) is 0.0715. The first kappa shape index (κ1) is 36.3. The Balaban J connectivity index is 1.78.